The highest BCUT2D eigenvalue weighted by atomic mass is 19.1. The van der Waals surface area contributed by atoms with E-state index in [1.165, 1.54) is 6.07 Å². The van der Waals surface area contributed by atoms with Crippen molar-refractivity contribution in [3.63, 3.8) is 0 Å². The van der Waals surface area contributed by atoms with Crippen molar-refractivity contribution in [3.8, 4) is 11.8 Å². The van der Waals surface area contributed by atoms with E-state index in [-0.39, 0.29) is 24.8 Å². The number of carbonyl (C=O) groups excluding carboxylic acids is 2. The lowest BCUT2D eigenvalue weighted by Gasteiger charge is -2.35. The number of nitrogens with zero attached hydrogens (tertiary/aromatic N) is 4. The summed E-state index contributed by atoms with van der Waals surface area (Å²) >= 11 is 0. The van der Waals surface area contributed by atoms with E-state index in [4.69, 9.17) is 10.00 Å². The number of carbonyl (C=O) groups is 2. The molecule has 0 bridgehead atoms. The molecule has 3 rings (SSSR count). The Balaban J connectivity index is 1.59. The highest BCUT2D eigenvalue weighted by molar-refractivity contribution is 5.95. The van der Waals surface area contributed by atoms with Gasteiger partial charge in [0.25, 0.3) is 5.91 Å². The van der Waals surface area contributed by atoms with E-state index in [2.05, 4.69) is 6.07 Å². The van der Waals surface area contributed by atoms with Gasteiger partial charge in [0, 0.05) is 44.0 Å². The Morgan fingerprint density at radius 1 is 1.12 bits per heavy atom. The van der Waals surface area contributed by atoms with Gasteiger partial charge in [0.15, 0.2) is 0 Å². The summed E-state index contributed by atoms with van der Waals surface area (Å²) in [6.45, 7) is 6.63. The van der Waals surface area contributed by atoms with E-state index in [1.54, 1.807) is 28.9 Å². The third kappa shape index (κ3) is 6.30. The molecule has 0 N–H and O–H groups in total. The van der Waals surface area contributed by atoms with Crippen LogP contribution in [0.4, 0.5) is 10.1 Å². The third-order valence-electron chi connectivity index (χ3n) is 5.64. The summed E-state index contributed by atoms with van der Waals surface area (Å²) in [6.07, 6.45) is 0.230. The van der Waals surface area contributed by atoms with E-state index in [9.17, 15) is 14.0 Å². The van der Waals surface area contributed by atoms with Crippen molar-refractivity contribution >= 4 is 17.5 Å². The SMILES string of the molecule is CCOc1ccc(N(CCC#N)C(=O)CN2CCN(C(=O)c3ccc(C)c(F)c3)CC2)cc1. The number of aryl methyl sites for hydroxylation is 1. The largest absolute Gasteiger partial charge is 0.494 e. The number of benzene rings is 2. The molecular weight excluding hydrogens is 423 g/mol. The molecule has 8 heteroatoms. The van der Waals surface area contributed by atoms with Crippen LogP contribution >= 0.6 is 0 Å². The lowest BCUT2D eigenvalue weighted by Crippen LogP contribution is -2.51. The molecule has 0 atom stereocenters. The van der Waals surface area contributed by atoms with E-state index in [0.29, 0.717) is 56.1 Å². The van der Waals surface area contributed by atoms with Crippen LogP contribution in [0.15, 0.2) is 42.5 Å². The first kappa shape index (κ1) is 24.2. The van der Waals surface area contributed by atoms with Gasteiger partial charge in [-0.2, -0.15) is 5.26 Å². The van der Waals surface area contributed by atoms with E-state index >= 15 is 0 Å². The maximum atomic E-state index is 13.8. The lowest BCUT2D eigenvalue weighted by molar-refractivity contribution is -0.120. The molecule has 1 aliphatic heterocycles. The normalized spacial score (nSPS) is 13.9. The molecule has 1 saturated heterocycles. The van der Waals surface area contributed by atoms with Crippen molar-refractivity contribution in [1.82, 2.24) is 9.80 Å². The van der Waals surface area contributed by atoms with E-state index in [1.807, 2.05) is 36.1 Å². The second-order valence-corrected chi connectivity index (χ2v) is 7.91. The van der Waals surface area contributed by atoms with Gasteiger partial charge in [0.05, 0.1) is 25.6 Å². The molecule has 0 aromatic heterocycles. The van der Waals surface area contributed by atoms with Crippen molar-refractivity contribution < 1.29 is 18.7 Å². The average Bonchev–Trinajstić information content (AvgIpc) is 2.82. The average molecular weight is 453 g/mol. The van der Waals surface area contributed by atoms with Gasteiger partial charge in [0.2, 0.25) is 5.91 Å². The van der Waals surface area contributed by atoms with E-state index < -0.39 is 5.82 Å². The minimum absolute atomic E-state index is 0.102. The molecule has 0 aliphatic carbocycles. The molecule has 2 amide bonds. The minimum Gasteiger partial charge on any atom is -0.494 e. The number of piperazine rings is 1. The second-order valence-electron chi connectivity index (χ2n) is 7.91. The Morgan fingerprint density at radius 3 is 2.42 bits per heavy atom. The van der Waals surface area contributed by atoms with Crippen LogP contribution in [0.5, 0.6) is 5.75 Å². The monoisotopic (exact) mass is 452 g/mol. The molecule has 0 radical (unpaired) electrons. The Bertz CT molecular complexity index is 1010. The smallest absolute Gasteiger partial charge is 0.254 e. The van der Waals surface area contributed by atoms with Gasteiger partial charge < -0.3 is 14.5 Å². The molecule has 0 saturated carbocycles. The van der Waals surface area contributed by atoms with Gasteiger partial charge >= 0.3 is 0 Å². The van der Waals surface area contributed by atoms with Crippen LogP contribution in [-0.4, -0.2) is 67.5 Å². The number of nitriles is 1. The first-order chi connectivity index (χ1) is 15.9. The van der Waals surface area contributed by atoms with Crippen molar-refractivity contribution in [2.24, 2.45) is 0 Å². The first-order valence-electron chi connectivity index (χ1n) is 11.1. The van der Waals surface area contributed by atoms with Crippen LogP contribution < -0.4 is 9.64 Å². The number of anilines is 1. The molecule has 0 spiro atoms. The Labute approximate surface area is 194 Å². The maximum Gasteiger partial charge on any atom is 0.254 e. The molecule has 2 aromatic rings. The zero-order chi connectivity index (χ0) is 23.8. The van der Waals surface area contributed by atoms with Crippen molar-refractivity contribution in [2.45, 2.75) is 20.3 Å². The summed E-state index contributed by atoms with van der Waals surface area (Å²) in [5.74, 6) is 0.0275. The fourth-order valence-electron chi connectivity index (χ4n) is 3.74. The quantitative estimate of drug-likeness (QED) is 0.615. The van der Waals surface area contributed by atoms with Gasteiger partial charge in [-0.15, -0.1) is 0 Å². The summed E-state index contributed by atoms with van der Waals surface area (Å²) in [4.78, 5) is 31.1. The minimum atomic E-state index is -0.392. The predicted octanol–water partition coefficient (Wildman–Crippen LogP) is 3.24. The Kier molecular flexibility index (Phi) is 8.39. The van der Waals surface area contributed by atoms with Crippen LogP contribution in [0.25, 0.3) is 0 Å². The third-order valence-corrected chi connectivity index (χ3v) is 5.64. The van der Waals surface area contributed by atoms with Gasteiger partial charge in [0.1, 0.15) is 11.6 Å². The topological polar surface area (TPSA) is 76.9 Å². The van der Waals surface area contributed by atoms with Crippen molar-refractivity contribution in [2.75, 3.05) is 50.8 Å². The molecule has 2 aromatic carbocycles. The lowest BCUT2D eigenvalue weighted by atomic mass is 10.1. The van der Waals surface area contributed by atoms with Crippen LogP contribution in [0.1, 0.15) is 29.3 Å². The van der Waals surface area contributed by atoms with Gasteiger partial charge in [-0.3, -0.25) is 14.5 Å². The van der Waals surface area contributed by atoms with E-state index in [0.717, 1.165) is 5.75 Å². The number of halogens is 1. The Hall–Kier alpha value is -3.44. The van der Waals surface area contributed by atoms with Crippen LogP contribution in [0.2, 0.25) is 0 Å². The van der Waals surface area contributed by atoms with Crippen LogP contribution in [0, 0.1) is 24.1 Å². The molecule has 7 nitrogen and oxygen atoms in total. The molecule has 1 fully saturated rings. The van der Waals surface area contributed by atoms with Gasteiger partial charge in [-0.25, -0.2) is 4.39 Å². The number of rotatable bonds is 8. The zero-order valence-electron chi connectivity index (χ0n) is 19.1. The molecule has 1 aliphatic rings. The van der Waals surface area contributed by atoms with Crippen molar-refractivity contribution in [3.05, 3.63) is 59.4 Å². The Morgan fingerprint density at radius 2 is 1.82 bits per heavy atom. The second kappa shape index (κ2) is 11.4. The predicted molar refractivity (Wildman–Crippen MR) is 124 cm³/mol. The summed E-state index contributed by atoms with van der Waals surface area (Å²) in [6, 6.07) is 13.9. The summed E-state index contributed by atoms with van der Waals surface area (Å²) in [5.41, 5.74) is 1.55. The fraction of sp³-hybridized carbons (Fsp3) is 0.400. The molecule has 33 heavy (non-hydrogen) atoms. The van der Waals surface area contributed by atoms with Gasteiger partial charge in [-0.1, -0.05) is 6.07 Å². The summed E-state index contributed by atoms with van der Waals surface area (Å²) < 4.78 is 19.3. The standard InChI is InChI=1S/C25H29FN4O3/c1-3-33-22-9-7-21(8-10-22)30(12-4-11-27)24(31)18-28-13-15-29(16-14-28)25(32)20-6-5-19(2)23(26)17-20/h5-10,17H,3-4,12-16,18H2,1-2H3. The zero-order valence-corrected chi connectivity index (χ0v) is 19.1. The number of ether oxygens (including phenoxy) is 1. The highest BCUT2D eigenvalue weighted by Crippen LogP contribution is 2.21. The molecule has 1 heterocycles. The van der Waals surface area contributed by atoms with Gasteiger partial charge in [-0.05, 0) is 55.8 Å². The maximum absolute atomic E-state index is 13.8. The number of hydrogen-bond acceptors (Lipinski definition) is 5. The highest BCUT2D eigenvalue weighted by Gasteiger charge is 2.25. The van der Waals surface area contributed by atoms with Crippen LogP contribution in [0.3, 0.4) is 0 Å². The fourth-order valence-corrected chi connectivity index (χ4v) is 3.74. The van der Waals surface area contributed by atoms with Crippen molar-refractivity contribution in [1.29, 1.82) is 5.26 Å². The molecular formula is C25H29FN4O3. The summed E-state index contributed by atoms with van der Waals surface area (Å²) in [7, 11) is 0. The molecule has 174 valence electrons. The van der Waals surface area contributed by atoms with Crippen LogP contribution in [-0.2, 0) is 4.79 Å². The number of amides is 2. The molecule has 0 unspecified atom stereocenters. The summed E-state index contributed by atoms with van der Waals surface area (Å²) in [5, 5.41) is 9.01. The first-order valence-corrected chi connectivity index (χ1v) is 11.1. The number of hydrogen-bond donors (Lipinski definition) is 0.